The van der Waals surface area contributed by atoms with Gasteiger partial charge in [0.2, 0.25) is 0 Å². The van der Waals surface area contributed by atoms with Crippen molar-refractivity contribution in [3.8, 4) is 0 Å². The molecule has 7 nitrogen and oxygen atoms in total. The van der Waals surface area contributed by atoms with Crippen molar-refractivity contribution in [3.63, 3.8) is 0 Å². The number of benzene rings is 1. The van der Waals surface area contributed by atoms with E-state index < -0.39 is 0 Å². The van der Waals surface area contributed by atoms with Crippen LogP contribution in [0.1, 0.15) is 17.0 Å². The molecule has 2 aromatic rings. The van der Waals surface area contributed by atoms with Crippen LogP contribution in [0.2, 0.25) is 0 Å². The molecular formula is C12H16N6O. The van der Waals surface area contributed by atoms with E-state index in [1.807, 2.05) is 25.2 Å². The van der Waals surface area contributed by atoms with Gasteiger partial charge in [0.15, 0.2) is 0 Å². The summed E-state index contributed by atoms with van der Waals surface area (Å²) in [5.74, 6) is -0.243. The Hall–Kier alpha value is -2.44. The molecule has 1 heterocycles. The van der Waals surface area contributed by atoms with Crippen LogP contribution < -0.4 is 10.2 Å². The number of nitrogens with zero attached hydrogens (tertiary/aromatic N) is 4. The standard InChI is InChI=1S/C12H16N6O/c1-18(10-6-3-2-4-7-10)9-5-8-13-12(19)11-14-16-17-15-11/h2-4,6-7H,5,8-9H2,1H3,(H,13,19)(H,14,15,16,17). The van der Waals surface area contributed by atoms with Gasteiger partial charge in [0.25, 0.3) is 11.7 Å². The highest BCUT2D eigenvalue weighted by Gasteiger charge is 2.09. The maximum absolute atomic E-state index is 11.5. The normalized spacial score (nSPS) is 10.2. The Bertz CT molecular complexity index is 498. The maximum Gasteiger partial charge on any atom is 0.292 e. The van der Waals surface area contributed by atoms with E-state index in [9.17, 15) is 4.79 Å². The van der Waals surface area contributed by atoms with Crippen LogP contribution in [0, 0.1) is 0 Å². The zero-order valence-electron chi connectivity index (χ0n) is 10.7. The maximum atomic E-state index is 11.5. The molecule has 0 saturated heterocycles. The molecule has 7 heteroatoms. The van der Waals surface area contributed by atoms with Crippen LogP contribution in [0.4, 0.5) is 5.69 Å². The van der Waals surface area contributed by atoms with Crippen LogP contribution in [-0.2, 0) is 0 Å². The fourth-order valence-electron chi connectivity index (χ4n) is 1.67. The number of rotatable bonds is 6. The largest absolute Gasteiger partial charge is 0.375 e. The Balaban J connectivity index is 1.68. The molecule has 1 amide bonds. The molecule has 1 aromatic carbocycles. The van der Waals surface area contributed by atoms with Gasteiger partial charge < -0.3 is 10.2 Å². The third kappa shape index (κ3) is 3.77. The van der Waals surface area contributed by atoms with Crippen LogP contribution in [0.25, 0.3) is 0 Å². The molecule has 0 unspecified atom stereocenters. The highest BCUT2D eigenvalue weighted by atomic mass is 16.2. The fourth-order valence-corrected chi connectivity index (χ4v) is 1.67. The second-order valence-corrected chi connectivity index (χ2v) is 4.10. The Morgan fingerprint density at radius 2 is 2.16 bits per heavy atom. The molecule has 0 aliphatic heterocycles. The Morgan fingerprint density at radius 1 is 1.37 bits per heavy atom. The molecular weight excluding hydrogens is 244 g/mol. The number of amides is 1. The molecule has 2 rings (SSSR count). The molecule has 0 radical (unpaired) electrons. The minimum atomic E-state index is -0.309. The first-order valence-corrected chi connectivity index (χ1v) is 6.05. The van der Waals surface area contributed by atoms with Crippen molar-refractivity contribution < 1.29 is 4.79 Å². The average molecular weight is 260 g/mol. The number of tetrazole rings is 1. The number of anilines is 1. The molecule has 0 spiro atoms. The number of carbonyl (C=O) groups excluding carboxylic acids is 1. The molecule has 0 aliphatic rings. The number of nitrogens with one attached hydrogen (secondary N) is 2. The van der Waals surface area contributed by atoms with E-state index in [-0.39, 0.29) is 11.7 Å². The predicted octanol–water partition coefficient (Wildman–Crippen LogP) is 0.456. The number of para-hydroxylation sites is 1. The van der Waals surface area contributed by atoms with E-state index in [4.69, 9.17) is 0 Å². The van der Waals surface area contributed by atoms with E-state index in [1.54, 1.807) is 0 Å². The first-order chi connectivity index (χ1) is 9.27. The lowest BCUT2D eigenvalue weighted by atomic mass is 10.3. The van der Waals surface area contributed by atoms with Gasteiger partial charge in [0.1, 0.15) is 0 Å². The summed E-state index contributed by atoms with van der Waals surface area (Å²) in [6.45, 7) is 1.43. The summed E-state index contributed by atoms with van der Waals surface area (Å²) in [5, 5.41) is 15.5. The lowest BCUT2D eigenvalue weighted by Crippen LogP contribution is -2.28. The molecule has 19 heavy (non-hydrogen) atoms. The zero-order valence-corrected chi connectivity index (χ0v) is 10.7. The number of H-pyrrole nitrogens is 1. The van der Waals surface area contributed by atoms with Gasteiger partial charge >= 0.3 is 0 Å². The summed E-state index contributed by atoms with van der Waals surface area (Å²) >= 11 is 0. The highest BCUT2D eigenvalue weighted by Crippen LogP contribution is 2.10. The van der Waals surface area contributed by atoms with E-state index in [1.165, 1.54) is 0 Å². The van der Waals surface area contributed by atoms with Gasteiger partial charge in [-0.15, -0.1) is 10.2 Å². The summed E-state index contributed by atoms with van der Waals surface area (Å²) in [5.41, 5.74) is 1.16. The van der Waals surface area contributed by atoms with Crippen LogP contribution in [-0.4, -0.2) is 46.7 Å². The van der Waals surface area contributed by atoms with E-state index >= 15 is 0 Å². The topological polar surface area (TPSA) is 86.8 Å². The lowest BCUT2D eigenvalue weighted by molar-refractivity contribution is 0.0943. The highest BCUT2D eigenvalue weighted by molar-refractivity contribution is 5.89. The molecule has 0 atom stereocenters. The van der Waals surface area contributed by atoms with Crippen molar-refractivity contribution >= 4 is 11.6 Å². The van der Waals surface area contributed by atoms with Gasteiger partial charge in [-0.05, 0) is 23.8 Å². The second-order valence-electron chi connectivity index (χ2n) is 4.10. The number of hydrogen-bond donors (Lipinski definition) is 2. The molecule has 1 aromatic heterocycles. The lowest BCUT2D eigenvalue weighted by Gasteiger charge is -2.18. The SMILES string of the molecule is CN(CCCNC(=O)c1nn[nH]n1)c1ccccc1. The van der Waals surface area contributed by atoms with Crippen molar-refractivity contribution in [3.05, 3.63) is 36.2 Å². The van der Waals surface area contributed by atoms with Crippen molar-refractivity contribution in [2.75, 3.05) is 25.0 Å². The van der Waals surface area contributed by atoms with Crippen molar-refractivity contribution in [2.45, 2.75) is 6.42 Å². The Labute approximate surface area is 111 Å². The first kappa shape index (κ1) is 13.0. The van der Waals surface area contributed by atoms with Crippen molar-refractivity contribution in [2.24, 2.45) is 0 Å². The van der Waals surface area contributed by atoms with E-state index in [0.29, 0.717) is 6.54 Å². The Kier molecular flexibility index (Phi) is 4.44. The summed E-state index contributed by atoms with van der Waals surface area (Å²) in [6, 6.07) is 10.1. The van der Waals surface area contributed by atoms with Gasteiger partial charge in [0, 0.05) is 25.8 Å². The summed E-state index contributed by atoms with van der Waals surface area (Å²) in [7, 11) is 2.02. The average Bonchev–Trinajstić information content (AvgIpc) is 2.98. The quantitative estimate of drug-likeness (QED) is 0.737. The molecule has 0 saturated carbocycles. The van der Waals surface area contributed by atoms with Gasteiger partial charge in [-0.25, -0.2) is 0 Å². The third-order valence-electron chi connectivity index (χ3n) is 2.70. The number of carbonyl (C=O) groups is 1. The van der Waals surface area contributed by atoms with Crippen LogP contribution in [0.5, 0.6) is 0 Å². The fraction of sp³-hybridized carbons (Fsp3) is 0.333. The van der Waals surface area contributed by atoms with Gasteiger partial charge in [-0.1, -0.05) is 18.2 Å². The Morgan fingerprint density at radius 3 is 2.84 bits per heavy atom. The zero-order chi connectivity index (χ0) is 13.5. The summed E-state index contributed by atoms with van der Waals surface area (Å²) in [4.78, 5) is 13.7. The summed E-state index contributed by atoms with van der Waals surface area (Å²) < 4.78 is 0. The van der Waals surface area contributed by atoms with Crippen LogP contribution in [0.3, 0.4) is 0 Å². The van der Waals surface area contributed by atoms with Crippen molar-refractivity contribution in [1.82, 2.24) is 25.9 Å². The molecule has 0 bridgehead atoms. The minimum absolute atomic E-state index is 0.0661. The third-order valence-corrected chi connectivity index (χ3v) is 2.70. The molecule has 0 fully saturated rings. The van der Waals surface area contributed by atoms with E-state index in [2.05, 4.69) is 43.0 Å². The van der Waals surface area contributed by atoms with Crippen LogP contribution >= 0.6 is 0 Å². The first-order valence-electron chi connectivity index (χ1n) is 6.05. The summed E-state index contributed by atoms with van der Waals surface area (Å²) in [6.07, 6.45) is 0.842. The van der Waals surface area contributed by atoms with Gasteiger partial charge in [0.05, 0.1) is 0 Å². The number of aromatic amines is 1. The molecule has 100 valence electrons. The molecule has 0 aliphatic carbocycles. The van der Waals surface area contributed by atoms with Crippen LogP contribution in [0.15, 0.2) is 30.3 Å². The monoisotopic (exact) mass is 260 g/mol. The number of hydrogen-bond acceptors (Lipinski definition) is 5. The minimum Gasteiger partial charge on any atom is -0.375 e. The van der Waals surface area contributed by atoms with E-state index in [0.717, 1.165) is 18.7 Å². The van der Waals surface area contributed by atoms with Gasteiger partial charge in [-0.2, -0.15) is 5.21 Å². The second kappa shape index (κ2) is 6.48. The smallest absolute Gasteiger partial charge is 0.292 e. The van der Waals surface area contributed by atoms with Gasteiger partial charge in [-0.3, -0.25) is 4.79 Å². The molecule has 2 N–H and O–H groups in total. The van der Waals surface area contributed by atoms with Crippen molar-refractivity contribution in [1.29, 1.82) is 0 Å². The predicted molar refractivity (Wildman–Crippen MR) is 70.8 cm³/mol. The number of aromatic nitrogens is 4.